The van der Waals surface area contributed by atoms with E-state index in [2.05, 4.69) is 15.2 Å². The van der Waals surface area contributed by atoms with Crippen LogP contribution in [0.3, 0.4) is 0 Å². The molecule has 1 aliphatic heterocycles. The van der Waals surface area contributed by atoms with E-state index in [-0.39, 0.29) is 5.82 Å². The predicted octanol–water partition coefficient (Wildman–Crippen LogP) is -2.93. The zero-order chi connectivity index (χ0) is 18.9. The Kier molecular flexibility index (Phi) is 6.13. The van der Waals surface area contributed by atoms with Gasteiger partial charge in [0.2, 0.25) is 0 Å². The van der Waals surface area contributed by atoms with Crippen LogP contribution in [-0.2, 0) is 9.30 Å². The molecule has 0 aromatic carbocycles. The standard InChI is InChI=1S/C9H11F2N3O5.H4NO3P/c10-9(11,18)6-4(15)5(16)7(19-6)14-2-1-3(12)13-8(14)17;1-5(2,3)4/h1-2,4-7,15-16,18H,(H2,12,13,17);(H4,1,2,3,4)/t4-,5+,6-,7+;/m0./s1. The summed E-state index contributed by atoms with van der Waals surface area (Å²) in [6.07, 6.45) is -11.1. The van der Waals surface area contributed by atoms with E-state index in [4.69, 9.17) is 25.2 Å². The van der Waals surface area contributed by atoms with Crippen molar-refractivity contribution in [3.8, 4) is 0 Å². The Bertz CT molecular complexity index is 668. The van der Waals surface area contributed by atoms with Crippen LogP contribution in [0.25, 0.3) is 0 Å². The average molecular weight is 376 g/mol. The zero-order valence-electron chi connectivity index (χ0n) is 11.7. The SMILES string of the molecule is NP(=O)(O)O.Nc1ccn([C@@H]2O[C@H](C(O)(F)F)[C@@H](O)[C@H]2O)c(=O)n1. The Morgan fingerprint density at radius 2 is 1.83 bits per heavy atom. The molecule has 15 heteroatoms. The van der Waals surface area contributed by atoms with Crippen molar-refractivity contribution in [1.29, 1.82) is 0 Å². The average Bonchev–Trinajstić information content (AvgIpc) is 2.64. The molecular formula is C9H15F2N4O8P. The molecule has 138 valence electrons. The van der Waals surface area contributed by atoms with Crippen LogP contribution < -0.4 is 16.9 Å². The minimum atomic E-state index is -4.36. The van der Waals surface area contributed by atoms with E-state index in [1.165, 1.54) is 6.07 Å². The van der Waals surface area contributed by atoms with Crippen LogP contribution >= 0.6 is 7.75 Å². The molecule has 4 atom stereocenters. The van der Waals surface area contributed by atoms with Crippen molar-refractivity contribution < 1.29 is 43.2 Å². The Balaban J connectivity index is 0.000000505. The molecule has 0 unspecified atom stereocenters. The molecule has 24 heavy (non-hydrogen) atoms. The summed E-state index contributed by atoms with van der Waals surface area (Å²) in [5, 5.41) is 27.5. The number of nitrogens with two attached hydrogens (primary N) is 2. The minimum absolute atomic E-state index is 0.0988. The van der Waals surface area contributed by atoms with E-state index < -0.39 is 44.1 Å². The fourth-order valence-electron chi connectivity index (χ4n) is 1.80. The molecule has 12 nitrogen and oxygen atoms in total. The lowest BCUT2D eigenvalue weighted by Crippen LogP contribution is -2.43. The molecule has 1 aromatic heterocycles. The lowest BCUT2D eigenvalue weighted by molar-refractivity contribution is -0.282. The summed E-state index contributed by atoms with van der Waals surface area (Å²) >= 11 is 0. The molecule has 9 N–H and O–H groups in total. The van der Waals surface area contributed by atoms with E-state index >= 15 is 0 Å². The maximum Gasteiger partial charge on any atom is 0.397 e. The molecule has 0 saturated carbocycles. The predicted molar refractivity (Wildman–Crippen MR) is 72.2 cm³/mol. The monoisotopic (exact) mass is 376 g/mol. The van der Waals surface area contributed by atoms with E-state index in [0.29, 0.717) is 4.57 Å². The fourth-order valence-corrected chi connectivity index (χ4v) is 1.80. The quantitative estimate of drug-likeness (QED) is 0.259. The van der Waals surface area contributed by atoms with Gasteiger partial charge in [0, 0.05) is 6.20 Å². The molecule has 0 amide bonds. The number of ether oxygens (including phenoxy) is 1. The second-order valence-electron chi connectivity index (χ2n) is 4.65. The van der Waals surface area contributed by atoms with E-state index in [0.717, 1.165) is 6.20 Å². The number of halogens is 2. The highest BCUT2D eigenvalue weighted by molar-refractivity contribution is 7.49. The Labute approximate surface area is 132 Å². The maximum atomic E-state index is 12.7. The Morgan fingerprint density at radius 3 is 2.21 bits per heavy atom. The summed E-state index contributed by atoms with van der Waals surface area (Å²) < 4.78 is 39.9. The van der Waals surface area contributed by atoms with Crippen LogP contribution in [0.15, 0.2) is 17.1 Å². The van der Waals surface area contributed by atoms with Gasteiger partial charge in [-0.3, -0.25) is 4.57 Å². The van der Waals surface area contributed by atoms with Gasteiger partial charge in [0.1, 0.15) is 18.0 Å². The molecule has 2 heterocycles. The molecule has 1 aliphatic rings. The van der Waals surface area contributed by atoms with Crippen LogP contribution in [0.2, 0.25) is 0 Å². The molecule has 0 bridgehead atoms. The Hall–Kier alpha value is -1.51. The van der Waals surface area contributed by atoms with Crippen molar-refractivity contribution in [3.05, 3.63) is 22.7 Å². The van der Waals surface area contributed by atoms with Crippen LogP contribution in [0.1, 0.15) is 6.23 Å². The third kappa shape index (κ3) is 5.54. The minimum Gasteiger partial charge on any atom is -0.387 e. The van der Waals surface area contributed by atoms with Gasteiger partial charge in [-0.15, -0.1) is 0 Å². The highest BCUT2D eigenvalue weighted by atomic mass is 31.2. The summed E-state index contributed by atoms with van der Waals surface area (Å²) in [5.41, 5.74) is 8.32. The van der Waals surface area contributed by atoms with Crippen molar-refractivity contribution in [1.82, 2.24) is 9.55 Å². The molecule has 1 saturated heterocycles. The number of aromatic nitrogens is 2. The molecular weight excluding hydrogens is 361 g/mol. The third-order valence-corrected chi connectivity index (χ3v) is 2.71. The van der Waals surface area contributed by atoms with E-state index in [9.17, 15) is 23.8 Å². The van der Waals surface area contributed by atoms with Crippen LogP contribution in [-0.4, -0.2) is 59.1 Å². The number of aliphatic hydroxyl groups is 3. The second-order valence-corrected chi connectivity index (χ2v) is 5.83. The second kappa shape index (κ2) is 7.16. The summed E-state index contributed by atoms with van der Waals surface area (Å²) in [6, 6.07) is 1.19. The van der Waals surface area contributed by atoms with Gasteiger partial charge in [0.05, 0.1) is 0 Å². The topological polar surface area (TPSA) is 214 Å². The van der Waals surface area contributed by atoms with Crippen LogP contribution in [0.5, 0.6) is 0 Å². The van der Waals surface area contributed by atoms with Gasteiger partial charge in [0.15, 0.2) is 12.3 Å². The number of alkyl halides is 2. The van der Waals surface area contributed by atoms with E-state index in [1.807, 2.05) is 0 Å². The van der Waals surface area contributed by atoms with E-state index in [1.54, 1.807) is 0 Å². The molecule has 0 aliphatic carbocycles. The van der Waals surface area contributed by atoms with Gasteiger partial charge in [-0.05, 0) is 6.07 Å². The molecule has 0 spiro atoms. The van der Waals surface area contributed by atoms with Crippen molar-refractivity contribution >= 4 is 13.6 Å². The van der Waals surface area contributed by atoms with Crippen molar-refractivity contribution in [2.24, 2.45) is 5.50 Å². The largest absolute Gasteiger partial charge is 0.397 e. The first-order chi connectivity index (χ1) is 10.7. The normalized spacial score (nSPS) is 27.5. The number of hydrogen-bond acceptors (Lipinski definition) is 8. The first-order valence-electron chi connectivity index (χ1n) is 6.02. The Morgan fingerprint density at radius 1 is 1.33 bits per heavy atom. The van der Waals surface area contributed by atoms with Crippen molar-refractivity contribution in [2.75, 3.05) is 5.73 Å². The number of hydrogen-bond donors (Lipinski definition) is 7. The summed E-state index contributed by atoms with van der Waals surface area (Å²) in [5.74, 6) is -0.0988. The van der Waals surface area contributed by atoms with Crippen molar-refractivity contribution in [2.45, 2.75) is 30.6 Å². The first-order valence-corrected chi connectivity index (χ1v) is 7.70. The summed E-state index contributed by atoms with van der Waals surface area (Å²) in [7, 11) is -4.14. The number of anilines is 1. The lowest BCUT2D eigenvalue weighted by atomic mass is 10.1. The van der Waals surface area contributed by atoms with Gasteiger partial charge in [-0.2, -0.15) is 13.8 Å². The molecule has 0 radical (unpaired) electrons. The first kappa shape index (κ1) is 20.5. The zero-order valence-corrected chi connectivity index (χ0v) is 12.6. The maximum absolute atomic E-state index is 12.7. The van der Waals surface area contributed by atoms with Crippen LogP contribution in [0.4, 0.5) is 14.6 Å². The molecule has 1 fully saturated rings. The van der Waals surface area contributed by atoms with Gasteiger partial charge >= 0.3 is 19.5 Å². The van der Waals surface area contributed by atoms with Crippen LogP contribution in [0, 0.1) is 0 Å². The van der Waals surface area contributed by atoms with Gasteiger partial charge in [-0.25, -0.2) is 14.9 Å². The van der Waals surface area contributed by atoms with Gasteiger partial charge in [0.25, 0.3) is 0 Å². The molecule has 2 rings (SSSR count). The third-order valence-electron chi connectivity index (χ3n) is 2.71. The van der Waals surface area contributed by atoms with Gasteiger partial charge in [-0.1, -0.05) is 0 Å². The summed E-state index contributed by atoms with van der Waals surface area (Å²) in [4.78, 5) is 29.6. The van der Waals surface area contributed by atoms with Gasteiger partial charge < -0.3 is 35.6 Å². The fraction of sp³-hybridized carbons (Fsp3) is 0.556. The highest BCUT2D eigenvalue weighted by Gasteiger charge is 2.55. The smallest absolute Gasteiger partial charge is 0.387 e. The number of rotatable bonds is 2. The summed E-state index contributed by atoms with van der Waals surface area (Å²) in [6.45, 7) is 0. The number of aliphatic hydroxyl groups excluding tert-OH is 2. The highest BCUT2D eigenvalue weighted by Crippen LogP contribution is 2.35. The lowest BCUT2D eigenvalue weighted by Gasteiger charge is -2.19. The molecule has 1 aromatic rings. The number of nitrogen functional groups attached to an aromatic ring is 1. The van der Waals surface area contributed by atoms with Crippen molar-refractivity contribution in [3.63, 3.8) is 0 Å². The number of nitrogens with zero attached hydrogens (tertiary/aromatic N) is 2.